The number of likely N-dealkylation sites (tertiary alicyclic amines) is 1. The van der Waals surface area contributed by atoms with Crippen LogP contribution in [-0.4, -0.2) is 61.2 Å². The van der Waals surface area contributed by atoms with Crippen LogP contribution < -0.4 is 10.6 Å². The zero-order valence-electron chi connectivity index (χ0n) is 24.2. The van der Waals surface area contributed by atoms with E-state index < -0.39 is 28.7 Å². The van der Waals surface area contributed by atoms with Crippen LogP contribution in [0, 0.1) is 25.7 Å². The predicted molar refractivity (Wildman–Crippen MR) is 173 cm³/mol. The van der Waals surface area contributed by atoms with Gasteiger partial charge in [-0.25, -0.2) is 0 Å². The number of carbonyl (C=O) groups is 3. The summed E-state index contributed by atoms with van der Waals surface area (Å²) in [6.07, 6.45) is 0.974. The summed E-state index contributed by atoms with van der Waals surface area (Å²) in [6.45, 7) is 3.98. The van der Waals surface area contributed by atoms with Gasteiger partial charge in [0.1, 0.15) is 6.04 Å². The molecule has 6 rings (SSSR count). The monoisotopic (exact) mass is 661 g/mol. The van der Waals surface area contributed by atoms with E-state index in [1.807, 2.05) is 92.7 Å². The van der Waals surface area contributed by atoms with Gasteiger partial charge >= 0.3 is 0 Å². The minimum atomic E-state index is -0.854. The molecule has 224 valence electrons. The Hall–Kier alpha value is -3.14. The van der Waals surface area contributed by atoms with E-state index in [0.717, 1.165) is 22.3 Å². The zero-order chi connectivity index (χ0) is 30.3. The Morgan fingerprint density at radius 1 is 1.02 bits per heavy atom. The molecule has 2 bridgehead atoms. The van der Waals surface area contributed by atoms with Crippen LogP contribution in [0.15, 0.2) is 78.9 Å². The van der Waals surface area contributed by atoms with Crippen molar-refractivity contribution in [1.82, 2.24) is 10.2 Å². The number of nitrogens with one attached hydrogen (secondary N) is 2. The molecular formula is C34H36BrN3O4S. The van der Waals surface area contributed by atoms with E-state index in [2.05, 4.69) is 26.6 Å². The number of halogens is 1. The average Bonchev–Trinajstić information content (AvgIpc) is 3.60. The molecule has 0 aromatic heterocycles. The van der Waals surface area contributed by atoms with Crippen LogP contribution in [0.5, 0.6) is 0 Å². The van der Waals surface area contributed by atoms with Crippen molar-refractivity contribution in [1.29, 1.82) is 0 Å². The molecule has 43 heavy (non-hydrogen) atoms. The van der Waals surface area contributed by atoms with Gasteiger partial charge in [0.25, 0.3) is 0 Å². The minimum absolute atomic E-state index is 0.0355. The van der Waals surface area contributed by atoms with Crippen molar-refractivity contribution in [3.05, 3.63) is 101 Å². The van der Waals surface area contributed by atoms with Crippen molar-refractivity contribution >= 4 is 51.1 Å². The molecule has 3 saturated heterocycles. The molecule has 0 saturated carbocycles. The molecule has 3 aliphatic rings. The molecule has 3 unspecified atom stereocenters. The highest BCUT2D eigenvalue weighted by Crippen LogP contribution is 2.68. The number of aryl methyl sites for hydroxylation is 2. The molecule has 3 amide bonds. The number of aliphatic hydroxyl groups excluding tert-OH is 1. The fourth-order valence-corrected chi connectivity index (χ4v) is 10.8. The van der Waals surface area contributed by atoms with Gasteiger partial charge in [0.15, 0.2) is 0 Å². The van der Waals surface area contributed by atoms with Gasteiger partial charge in [-0.1, -0.05) is 88.7 Å². The molecule has 3 heterocycles. The van der Waals surface area contributed by atoms with E-state index in [4.69, 9.17) is 0 Å². The van der Waals surface area contributed by atoms with Crippen LogP contribution >= 0.6 is 27.7 Å². The molecular weight excluding hydrogens is 626 g/mol. The van der Waals surface area contributed by atoms with E-state index in [9.17, 15) is 19.5 Å². The number of benzene rings is 3. The van der Waals surface area contributed by atoms with Crippen molar-refractivity contribution in [2.75, 3.05) is 11.9 Å². The smallest absolute Gasteiger partial charge is 0.248 e. The second-order valence-electron chi connectivity index (χ2n) is 11.9. The predicted octanol–water partition coefficient (Wildman–Crippen LogP) is 4.63. The number of fused-ring (bicyclic) bond motifs is 1. The first kappa shape index (κ1) is 29.9. The molecule has 0 aliphatic carbocycles. The van der Waals surface area contributed by atoms with Gasteiger partial charge in [0, 0.05) is 22.3 Å². The lowest BCUT2D eigenvalue weighted by atomic mass is 9.70. The normalized spacial score (nSPS) is 28.0. The molecule has 9 heteroatoms. The first-order valence-corrected chi connectivity index (χ1v) is 16.5. The summed E-state index contributed by atoms with van der Waals surface area (Å²) >= 11 is 5.43. The topological polar surface area (TPSA) is 98.7 Å². The van der Waals surface area contributed by atoms with Gasteiger partial charge in [-0.05, 0) is 55.0 Å². The number of aliphatic hydroxyl groups is 1. The van der Waals surface area contributed by atoms with Crippen molar-refractivity contribution in [2.24, 2.45) is 11.8 Å². The molecule has 1 spiro atoms. The Morgan fingerprint density at radius 3 is 2.37 bits per heavy atom. The lowest BCUT2D eigenvalue weighted by Gasteiger charge is -2.37. The number of nitrogens with zero attached hydrogens (tertiary/aromatic N) is 1. The first-order chi connectivity index (χ1) is 20.7. The SMILES string of the molecule is Cc1ccc(C)c(NC(=O)C2N([C@@H](CO)Cc3ccccc3)C(=O)[C@@H]3[C@@H](C(=O)NCc4ccccc4)[C@@H]4SC23CC4Br)c1. The highest BCUT2D eigenvalue weighted by molar-refractivity contribution is 9.09. The Morgan fingerprint density at radius 2 is 1.70 bits per heavy atom. The summed E-state index contributed by atoms with van der Waals surface area (Å²) in [6, 6.07) is 23.8. The molecule has 3 N–H and O–H groups in total. The molecule has 3 aromatic carbocycles. The lowest BCUT2D eigenvalue weighted by Crippen LogP contribution is -2.55. The van der Waals surface area contributed by atoms with Crippen molar-refractivity contribution in [3.63, 3.8) is 0 Å². The Balaban J connectivity index is 1.37. The largest absolute Gasteiger partial charge is 0.394 e. The van der Waals surface area contributed by atoms with Crippen molar-refractivity contribution in [2.45, 2.75) is 60.1 Å². The number of amides is 3. The highest BCUT2D eigenvalue weighted by atomic mass is 79.9. The summed E-state index contributed by atoms with van der Waals surface area (Å²) in [5.41, 5.74) is 4.58. The third kappa shape index (κ3) is 5.40. The van der Waals surface area contributed by atoms with Gasteiger partial charge in [0.05, 0.1) is 29.2 Å². The van der Waals surface area contributed by atoms with E-state index in [1.165, 1.54) is 0 Å². The number of hydrogen-bond donors (Lipinski definition) is 3. The first-order valence-electron chi connectivity index (χ1n) is 14.7. The van der Waals surface area contributed by atoms with Gasteiger partial charge in [0.2, 0.25) is 17.7 Å². The molecule has 7 atom stereocenters. The van der Waals surface area contributed by atoms with Gasteiger partial charge in [-0.2, -0.15) is 0 Å². The summed E-state index contributed by atoms with van der Waals surface area (Å²) in [7, 11) is 0. The third-order valence-corrected chi connectivity index (χ3v) is 12.4. The van der Waals surface area contributed by atoms with Gasteiger partial charge in [-0.3, -0.25) is 14.4 Å². The molecule has 0 radical (unpaired) electrons. The number of anilines is 1. The quantitative estimate of drug-likeness (QED) is 0.291. The Kier molecular flexibility index (Phi) is 8.41. The van der Waals surface area contributed by atoms with Crippen LogP contribution in [0.25, 0.3) is 0 Å². The van der Waals surface area contributed by atoms with Crippen LogP contribution in [0.2, 0.25) is 0 Å². The molecule has 3 aliphatic heterocycles. The maximum Gasteiger partial charge on any atom is 0.248 e. The standard InChI is InChI=1S/C34H36BrN3O4S/c1-20-13-14-21(2)26(15-20)37-32(41)30-34-17-25(35)29(43-34)27(31(40)36-18-23-11-7-4-8-12-23)28(34)33(42)38(30)24(19-39)16-22-9-5-3-6-10-22/h3-15,24-25,27-30,39H,16-19H2,1-2H3,(H,36,40)(H,37,41)/t24-,25?,27-,28+,29-,30?,34?/m1/s1. The van der Waals surface area contributed by atoms with Crippen molar-refractivity contribution < 1.29 is 19.5 Å². The second kappa shape index (κ2) is 12.1. The maximum atomic E-state index is 14.6. The van der Waals surface area contributed by atoms with E-state index in [0.29, 0.717) is 25.1 Å². The number of thioether (sulfide) groups is 1. The Bertz CT molecular complexity index is 1520. The molecule has 7 nitrogen and oxygen atoms in total. The van der Waals surface area contributed by atoms with Gasteiger partial charge in [-0.15, -0.1) is 11.8 Å². The average molecular weight is 663 g/mol. The Labute approximate surface area is 264 Å². The molecule has 3 aromatic rings. The summed E-state index contributed by atoms with van der Waals surface area (Å²) in [4.78, 5) is 44.4. The van der Waals surface area contributed by atoms with E-state index >= 15 is 0 Å². The van der Waals surface area contributed by atoms with Crippen LogP contribution in [0.4, 0.5) is 5.69 Å². The number of carbonyl (C=O) groups excluding carboxylic acids is 3. The summed E-state index contributed by atoms with van der Waals surface area (Å²) in [5, 5.41) is 16.7. The third-order valence-electron chi connectivity index (χ3n) is 9.16. The zero-order valence-corrected chi connectivity index (χ0v) is 26.6. The van der Waals surface area contributed by atoms with Crippen molar-refractivity contribution in [3.8, 4) is 0 Å². The molecule has 3 fully saturated rings. The van der Waals surface area contributed by atoms with E-state index in [-0.39, 0.29) is 34.4 Å². The fraction of sp³-hybridized carbons (Fsp3) is 0.382. The fourth-order valence-electron chi connectivity index (χ4n) is 7.17. The van der Waals surface area contributed by atoms with E-state index in [1.54, 1.807) is 16.7 Å². The van der Waals surface area contributed by atoms with Gasteiger partial charge < -0.3 is 20.6 Å². The second-order valence-corrected chi connectivity index (χ2v) is 14.7. The number of alkyl halides is 1. The minimum Gasteiger partial charge on any atom is -0.394 e. The lowest BCUT2D eigenvalue weighted by molar-refractivity contribution is -0.142. The highest BCUT2D eigenvalue weighted by Gasteiger charge is 2.76. The number of rotatable bonds is 9. The summed E-state index contributed by atoms with van der Waals surface area (Å²) < 4.78 is -0.809. The van der Waals surface area contributed by atoms with Crippen LogP contribution in [-0.2, 0) is 27.3 Å². The van der Waals surface area contributed by atoms with Crippen LogP contribution in [0.1, 0.15) is 28.7 Å². The maximum absolute atomic E-state index is 14.6. The summed E-state index contributed by atoms with van der Waals surface area (Å²) in [5.74, 6) is -1.97. The number of hydrogen-bond acceptors (Lipinski definition) is 5. The van der Waals surface area contributed by atoms with Crippen LogP contribution in [0.3, 0.4) is 0 Å².